The average Bonchev–Trinajstić information content (AvgIpc) is 2.53. The van der Waals surface area contributed by atoms with E-state index in [-0.39, 0.29) is 11.4 Å². The van der Waals surface area contributed by atoms with Gasteiger partial charge in [-0.05, 0) is 24.3 Å². The van der Waals surface area contributed by atoms with E-state index in [0.717, 1.165) is 11.3 Å². The highest BCUT2D eigenvalue weighted by Gasteiger charge is 2.42. The molecule has 1 amide bonds. The fraction of sp³-hybridized carbons (Fsp3) is 0.385. The van der Waals surface area contributed by atoms with Crippen LogP contribution in [0.15, 0.2) is 24.3 Å². The molecule has 0 saturated carbocycles. The fourth-order valence-corrected chi connectivity index (χ4v) is 1.85. The van der Waals surface area contributed by atoms with Gasteiger partial charge in [-0.1, -0.05) is 0 Å². The zero-order chi connectivity index (χ0) is 12.5. The summed E-state index contributed by atoms with van der Waals surface area (Å²) in [6, 6.07) is 7.71. The number of nitrogens with one attached hydrogen (secondary N) is 1. The molecule has 1 saturated heterocycles. The van der Waals surface area contributed by atoms with Gasteiger partial charge in [0.25, 0.3) is 5.91 Å². The summed E-state index contributed by atoms with van der Waals surface area (Å²) in [6.45, 7) is 4.07. The maximum atomic E-state index is 11.4. The van der Waals surface area contributed by atoms with E-state index in [0.29, 0.717) is 6.42 Å². The van der Waals surface area contributed by atoms with Crippen LogP contribution in [0, 0.1) is 0 Å². The highest BCUT2D eigenvalue weighted by atomic mass is 16.5. The normalized spacial score (nSPS) is 20.4. The van der Waals surface area contributed by atoms with E-state index in [1.54, 1.807) is 7.11 Å². The van der Waals surface area contributed by atoms with Gasteiger partial charge in [-0.3, -0.25) is 4.79 Å². The number of hydrazone groups is 1. The topological polar surface area (TPSA) is 41.3 Å². The smallest absolute Gasteiger partial charge is 0.281 e. The number of carbonyl (C=O) groups excluding carboxylic acids is 1. The van der Waals surface area contributed by atoms with Gasteiger partial charge in [0.05, 0.1) is 13.5 Å². The summed E-state index contributed by atoms with van der Waals surface area (Å²) in [5, 5.41) is 0. The van der Waals surface area contributed by atoms with E-state index < -0.39 is 0 Å². The molecule has 4 nitrogen and oxygen atoms in total. The molecule has 1 aromatic carbocycles. The Balaban J connectivity index is 2.26. The minimum absolute atomic E-state index is 0.0553. The molecular weight excluding hydrogens is 216 g/mol. The lowest BCUT2D eigenvalue weighted by molar-refractivity contribution is -0.620. The molecule has 0 aromatic heterocycles. The van der Waals surface area contributed by atoms with Gasteiger partial charge < -0.3 is 4.74 Å². The summed E-state index contributed by atoms with van der Waals surface area (Å²) in [7, 11) is 1.64. The lowest BCUT2D eigenvalue weighted by Crippen LogP contribution is -2.36. The lowest BCUT2D eigenvalue weighted by Gasteiger charge is -2.09. The predicted octanol–water partition coefficient (Wildman–Crippen LogP) is 1.34. The van der Waals surface area contributed by atoms with Gasteiger partial charge >= 0.3 is 0 Å². The van der Waals surface area contributed by atoms with E-state index >= 15 is 0 Å². The second-order valence-corrected chi connectivity index (χ2v) is 4.80. The van der Waals surface area contributed by atoms with Crippen LogP contribution in [0.5, 0.6) is 5.75 Å². The molecule has 17 heavy (non-hydrogen) atoms. The molecule has 1 aliphatic rings. The SMILES string of the molecule is COc1ccc(/C=[N+]2/NC(=O)CC2(C)C)cc1. The van der Waals surface area contributed by atoms with Crippen molar-refractivity contribution < 1.29 is 14.2 Å². The molecule has 0 bridgehead atoms. The number of rotatable bonds is 2. The van der Waals surface area contributed by atoms with E-state index in [2.05, 4.69) is 5.43 Å². The van der Waals surface area contributed by atoms with E-state index in [1.807, 2.05) is 49.0 Å². The van der Waals surface area contributed by atoms with Gasteiger partial charge in [-0.25, -0.2) is 0 Å². The van der Waals surface area contributed by atoms with E-state index in [4.69, 9.17) is 4.74 Å². The minimum Gasteiger partial charge on any atom is -0.497 e. The first-order chi connectivity index (χ1) is 8.01. The van der Waals surface area contributed by atoms with Gasteiger partial charge in [0, 0.05) is 19.4 Å². The van der Waals surface area contributed by atoms with Crippen molar-refractivity contribution in [3.05, 3.63) is 29.8 Å². The van der Waals surface area contributed by atoms with Crippen LogP contribution >= 0.6 is 0 Å². The minimum atomic E-state index is -0.184. The number of hydrogen-bond acceptors (Lipinski definition) is 2. The molecule has 1 aliphatic heterocycles. The first-order valence-corrected chi connectivity index (χ1v) is 5.59. The Labute approximate surface area is 101 Å². The first-order valence-electron chi connectivity index (χ1n) is 5.59. The Morgan fingerprint density at radius 3 is 2.47 bits per heavy atom. The monoisotopic (exact) mass is 233 g/mol. The van der Waals surface area contributed by atoms with Crippen molar-refractivity contribution >= 4 is 12.1 Å². The maximum absolute atomic E-state index is 11.4. The van der Waals surface area contributed by atoms with E-state index in [9.17, 15) is 4.79 Å². The van der Waals surface area contributed by atoms with Crippen molar-refractivity contribution in [3.63, 3.8) is 0 Å². The number of ether oxygens (including phenoxy) is 1. The van der Waals surface area contributed by atoms with Crippen LogP contribution in [0.2, 0.25) is 0 Å². The maximum Gasteiger partial charge on any atom is 0.281 e. The van der Waals surface area contributed by atoms with Crippen LogP contribution in [-0.4, -0.2) is 29.5 Å². The van der Waals surface area contributed by atoms with Crippen LogP contribution in [0.1, 0.15) is 25.8 Å². The van der Waals surface area contributed by atoms with Crippen molar-refractivity contribution in [2.75, 3.05) is 7.11 Å². The Hall–Kier alpha value is -1.84. The third-order valence-electron chi connectivity index (χ3n) is 2.88. The van der Waals surface area contributed by atoms with Crippen LogP contribution in [0.4, 0.5) is 0 Å². The van der Waals surface area contributed by atoms with Gasteiger partial charge in [-0.2, -0.15) is 0 Å². The second kappa shape index (κ2) is 4.20. The Morgan fingerprint density at radius 2 is 2.00 bits per heavy atom. The molecule has 2 rings (SSSR count). The van der Waals surface area contributed by atoms with Crippen LogP contribution in [0.25, 0.3) is 0 Å². The number of amides is 1. The highest BCUT2D eigenvalue weighted by Crippen LogP contribution is 2.18. The molecule has 0 aliphatic carbocycles. The zero-order valence-electron chi connectivity index (χ0n) is 10.4. The average molecular weight is 233 g/mol. The Kier molecular flexibility index (Phi) is 2.88. The number of hydrazine groups is 1. The number of methoxy groups -OCH3 is 1. The summed E-state index contributed by atoms with van der Waals surface area (Å²) >= 11 is 0. The number of benzene rings is 1. The summed E-state index contributed by atoms with van der Waals surface area (Å²) in [4.78, 5) is 11.4. The highest BCUT2D eigenvalue weighted by molar-refractivity contribution is 5.80. The van der Waals surface area contributed by atoms with Gasteiger partial charge in [0.1, 0.15) is 5.75 Å². The summed E-state index contributed by atoms with van der Waals surface area (Å²) in [5.74, 6) is 0.881. The Morgan fingerprint density at radius 1 is 1.35 bits per heavy atom. The molecular formula is C13H17N2O2+. The fourth-order valence-electron chi connectivity index (χ4n) is 1.85. The molecule has 0 spiro atoms. The molecule has 0 unspecified atom stereocenters. The van der Waals surface area contributed by atoms with Gasteiger partial charge in [0.15, 0.2) is 5.54 Å². The van der Waals surface area contributed by atoms with Crippen molar-refractivity contribution in [2.24, 2.45) is 0 Å². The summed E-state index contributed by atoms with van der Waals surface area (Å²) in [5.41, 5.74) is 3.67. The molecule has 1 N–H and O–H groups in total. The van der Waals surface area contributed by atoms with Crippen molar-refractivity contribution in [2.45, 2.75) is 25.8 Å². The molecule has 4 heteroatoms. The molecule has 1 aromatic rings. The molecule has 0 radical (unpaired) electrons. The van der Waals surface area contributed by atoms with Gasteiger partial charge in [-0.15, -0.1) is 10.1 Å². The Bertz CT molecular complexity index is 461. The standard InChI is InChI=1S/C13H16N2O2/c1-13(2)8-12(16)14-15(13)9-10-4-6-11(17-3)7-5-10/h4-7,9H,8H2,1-3H3/p+1/b15-9+. The van der Waals surface area contributed by atoms with Crippen molar-refractivity contribution in [1.82, 2.24) is 5.43 Å². The largest absolute Gasteiger partial charge is 0.497 e. The third-order valence-corrected chi connectivity index (χ3v) is 2.88. The first kappa shape index (κ1) is 11.6. The quantitative estimate of drug-likeness (QED) is 0.783. The van der Waals surface area contributed by atoms with Gasteiger partial charge in [0.2, 0.25) is 6.21 Å². The molecule has 1 heterocycles. The van der Waals surface area contributed by atoms with Crippen molar-refractivity contribution in [3.8, 4) is 5.75 Å². The van der Waals surface area contributed by atoms with E-state index in [1.165, 1.54) is 0 Å². The van der Waals surface area contributed by atoms with Crippen molar-refractivity contribution in [1.29, 1.82) is 0 Å². The predicted molar refractivity (Wildman–Crippen MR) is 65.3 cm³/mol. The lowest BCUT2D eigenvalue weighted by atomic mass is 10.0. The summed E-state index contributed by atoms with van der Waals surface area (Å²) < 4.78 is 6.96. The van der Waals surface area contributed by atoms with Crippen LogP contribution < -0.4 is 10.2 Å². The molecule has 90 valence electrons. The second-order valence-electron chi connectivity index (χ2n) is 4.80. The van der Waals surface area contributed by atoms with Crippen LogP contribution in [-0.2, 0) is 4.79 Å². The molecule has 0 atom stereocenters. The summed E-state index contributed by atoms with van der Waals surface area (Å²) in [6.07, 6.45) is 2.45. The zero-order valence-corrected chi connectivity index (χ0v) is 10.4. The van der Waals surface area contributed by atoms with Crippen LogP contribution in [0.3, 0.4) is 0 Å². The third kappa shape index (κ3) is 2.46. The number of nitrogens with zero attached hydrogens (tertiary/aromatic N) is 1. The molecule has 1 fully saturated rings. The number of hydrogen-bond donors (Lipinski definition) is 1. The number of carbonyl (C=O) groups is 1.